The van der Waals surface area contributed by atoms with Crippen LogP contribution < -0.4 is 5.32 Å². The van der Waals surface area contributed by atoms with Crippen molar-refractivity contribution in [3.63, 3.8) is 0 Å². The fraction of sp³-hybridized carbons (Fsp3) is 0.800. The number of nitrogens with zero attached hydrogens (tertiary/aromatic N) is 2. The Balaban J connectivity index is 2.48. The normalized spacial score (nSPS) is 13.0. The van der Waals surface area contributed by atoms with Crippen molar-refractivity contribution in [3.8, 4) is 0 Å². The van der Waals surface area contributed by atoms with Gasteiger partial charge in [0.15, 0.2) is 0 Å². The number of hydrogen-bond donors (Lipinski definition) is 1. The van der Waals surface area contributed by atoms with Crippen LogP contribution in [0.15, 0.2) is 0 Å². The molecule has 1 N–H and O–H groups in total. The highest BCUT2D eigenvalue weighted by Crippen LogP contribution is 2.08. The van der Waals surface area contributed by atoms with Gasteiger partial charge < -0.3 is 10.1 Å². The van der Waals surface area contributed by atoms with Crippen molar-refractivity contribution in [2.45, 2.75) is 32.7 Å². The van der Waals surface area contributed by atoms with E-state index in [4.69, 9.17) is 4.74 Å². The van der Waals surface area contributed by atoms with Crippen LogP contribution in [0, 0.1) is 0 Å². The minimum Gasteiger partial charge on any atom is -0.383 e. The van der Waals surface area contributed by atoms with E-state index in [1.165, 1.54) is 11.5 Å². The predicted octanol–water partition coefficient (Wildman–Crippen LogP) is 1.27. The third-order valence-electron chi connectivity index (χ3n) is 2.11. The van der Waals surface area contributed by atoms with E-state index in [1.54, 1.807) is 7.11 Å². The highest BCUT2D eigenvalue weighted by atomic mass is 32.1. The van der Waals surface area contributed by atoms with Crippen LogP contribution in [0.5, 0.6) is 0 Å². The monoisotopic (exact) mass is 229 g/mol. The average molecular weight is 229 g/mol. The van der Waals surface area contributed by atoms with Gasteiger partial charge in [0.25, 0.3) is 0 Å². The summed E-state index contributed by atoms with van der Waals surface area (Å²) in [6.45, 7) is 5.84. The van der Waals surface area contributed by atoms with Gasteiger partial charge >= 0.3 is 0 Å². The van der Waals surface area contributed by atoms with Crippen LogP contribution in [0.3, 0.4) is 0 Å². The Bertz CT molecular complexity index is 271. The Kier molecular flexibility index (Phi) is 5.75. The van der Waals surface area contributed by atoms with E-state index in [9.17, 15) is 0 Å². The van der Waals surface area contributed by atoms with Crippen LogP contribution in [-0.2, 0) is 17.6 Å². The third-order valence-corrected chi connectivity index (χ3v) is 2.88. The van der Waals surface area contributed by atoms with Crippen LogP contribution in [0.4, 0.5) is 0 Å². The first-order valence-corrected chi connectivity index (χ1v) is 6.11. The summed E-state index contributed by atoms with van der Waals surface area (Å²) >= 11 is 1.50. The topological polar surface area (TPSA) is 47.0 Å². The van der Waals surface area contributed by atoms with Gasteiger partial charge in [0.05, 0.1) is 6.61 Å². The standard InChI is InChI=1S/C10H19N3OS/c1-4-9-12-10(15-13-9)6-8(7-14-3)11-5-2/h8,11H,4-7H2,1-3H3. The first-order valence-electron chi connectivity index (χ1n) is 5.33. The zero-order valence-electron chi connectivity index (χ0n) is 9.62. The Morgan fingerprint density at radius 2 is 2.27 bits per heavy atom. The van der Waals surface area contributed by atoms with Crippen LogP contribution in [-0.4, -0.2) is 35.7 Å². The minimum absolute atomic E-state index is 0.345. The lowest BCUT2D eigenvalue weighted by atomic mass is 10.2. The quantitative estimate of drug-likeness (QED) is 0.765. The second-order valence-corrected chi connectivity index (χ2v) is 4.21. The lowest BCUT2D eigenvalue weighted by Crippen LogP contribution is -2.34. The Hall–Kier alpha value is -0.520. The molecule has 0 fully saturated rings. The summed E-state index contributed by atoms with van der Waals surface area (Å²) in [4.78, 5) is 4.44. The smallest absolute Gasteiger partial charge is 0.142 e. The van der Waals surface area contributed by atoms with Crippen LogP contribution in [0.1, 0.15) is 24.7 Å². The highest BCUT2D eigenvalue weighted by Gasteiger charge is 2.11. The molecule has 0 aliphatic rings. The summed E-state index contributed by atoms with van der Waals surface area (Å²) < 4.78 is 9.43. The molecule has 15 heavy (non-hydrogen) atoms. The summed E-state index contributed by atoms with van der Waals surface area (Å²) in [6.07, 6.45) is 1.81. The fourth-order valence-electron chi connectivity index (χ4n) is 1.41. The number of ether oxygens (including phenoxy) is 1. The average Bonchev–Trinajstić information content (AvgIpc) is 2.66. The molecule has 0 aliphatic carbocycles. The second kappa shape index (κ2) is 6.87. The Morgan fingerprint density at radius 1 is 1.47 bits per heavy atom. The molecule has 86 valence electrons. The Labute approximate surface area is 95.2 Å². The zero-order valence-corrected chi connectivity index (χ0v) is 10.4. The maximum absolute atomic E-state index is 5.16. The number of aromatic nitrogens is 2. The van der Waals surface area contributed by atoms with Crippen molar-refractivity contribution in [2.24, 2.45) is 0 Å². The van der Waals surface area contributed by atoms with Crippen LogP contribution >= 0.6 is 11.5 Å². The molecule has 0 saturated carbocycles. The summed E-state index contributed by atoms with van der Waals surface area (Å²) in [7, 11) is 1.72. The molecule has 4 nitrogen and oxygen atoms in total. The largest absolute Gasteiger partial charge is 0.383 e. The molecule has 0 spiro atoms. The molecule has 1 aromatic rings. The van der Waals surface area contributed by atoms with Gasteiger partial charge in [-0.3, -0.25) is 0 Å². The predicted molar refractivity (Wildman–Crippen MR) is 62.3 cm³/mol. The molecule has 0 saturated heterocycles. The molecule has 1 atom stereocenters. The van der Waals surface area contributed by atoms with Gasteiger partial charge in [-0.2, -0.15) is 4.37 Å². The van der Waals surface area contributed by atoms with Crippen molar-refractivity contribution < 1.29 is 4.74 Å². The molecular formula is C10H19N3OS. The minimum atomic E-state index is 0.345. The number of aryl methyl sites for hydroxylation is 1. The van der Waals surface area contributed by atoms with E-state index in [0.717, 1.165) is 36.8 Å². The summed E-state index contributed by atoms with van der Waals surface area (Å²) in [6, 6.07) is 0.345. The first kappa shape index (κ1) is 12.5. The molecule has 5 heteroatoms. The van der Waals surface area contributed by atoms with Gasteiger partial charge in [-0.05, 0) is 18.1 Å². The molecule has 1 unspecified atom stereocenters. The number of rotatable bonds is 7. The number of methoxy groups -OCH3 is 1. The summed E-state index contributed by atoms with van der Waals surface area (Å²) in [5.74, 6) is 0.947. The van der Waals surface area contributed by atoms with Gasteiger partial charge in [-0.25, -0.2) is 4.98 Å². The molecule has 0 aliphatic heterocycles. The van der Waals surface area contributed by atoms with E-state index >= 15 is 0 Å². The van der Waals surface area contributed by atoms with Crippen molar-refractivity contribution in [1.82, 2.24) is 14.7 Å². The Morgan fingerprint density at radius 3 is 2.80 bits per heavy atom. The second-order valence-electron chi connectivity index (χ2n) is 3.37. The lowest BCUT2D eigenvalue weighted by Gasteiger charge is -2.14. The fourth-order valence-corrected chi connectivity index (χ4v) is 2.21. The lowest BCUT2D eigenvalue weighted by molar-refractivity contribution is 0.167. The van der Waals surface area contributed by atoms with Crippen LogP contribution in [0.25, 0.3) is 0 Å². The van der Waals surface area contributed by atoms with E-state index < -0.39 is 0 Å². The van der Waals surface area contributed by atoms with Gasteiger partial charge in [0.2, 0.25) is 0 Å². The SMILES string of the molecule is CCNC(COC)Cc1nc(CC)ns1. The number of likely N-dealkylation sites (N-methyl/N-ethyl adjacent to an activating group) is 1. The molecule has 0 radical (unpaired) electrons. The van der Waals surface area contributed by atoms with Crippen molar-refractivity contribution >= 4 is 11.5 Å². The maximum Gasteiger partial charge on any atom is 0.142 e. The molecule has 1 heterocycles. The molecule has 0 bridgehead atoms. The zero-order chi connectivity index (χ0) is 11.1. The van der Waals surface area contributed by atoms with Gasteiger partial charge in [-0.15, -0.1) is 0 Å². The van der Waals surface area contributed by atoms with E-state index in [-0.39, 0.29) is 0 Å². The van der Waals surface area contributed by atoms with E-state index in [0.29, 0.717) is 6.04 Å². The molecule has 1 aromatic heterocycles. The summed E-state index contributed by atoms with van der Waals surface area (Å²) in [5, 5.41) is 4.47. The molecular weight excluding hydrogens is 210 g/mol. The highest BCUT2D eigenvalue weighted by molar-refractivity contribution is 7.05. The van der Waals surface area contributed by atoms with Crippen LogP contribution in [0.2, 0.25) is 0 Å². The third kappa shape index (κ3) is 4.24. The molecule has 0 aromatic carbocycles. The summed E-state index contributed by atoms with van der Waals surface area (Å²) in [5.41, 5.74) is 0. The van der Waals surface area contributed by atoms with Gasteiger partial charge in [-0.1, -0.05) is 13.8 Å². The van der Waals surface area contributed by atoms with Crippen molar-refractivity contribution in [2.75, 3.05) is 20.3 Å². The van der Waals surface area contributed by atoms with E-state index in [2.05, 4.69) is 28.5 Å². The number of hydrogen-bond acceptors (Lipinski definition) is 5. The maximum atomic E-state index is 5.16. The molecule has 1 rings (SSSR count). The van der Waals surface area contributed by atoms with Gasteiger partial charge in [0.1, 0.15) is 10.8 Å². The molecule has 0 amide bonds. The first-order chi connectivity index (χ1) is 7.30. The number of nitrogens with one attached hydrogen (secondary N) is 1. The van der Waals surface area contributed by atoms with E-state index in [1.807, 2.05) is 0 Å². The van der Waals surface area contributed by atoms with Crippen molar-refractivity contribution in [3.05, 3.63) is 10.8 Å². The van der Waals surface area contributed by atoms with Crippen molar-refractivity contribution in [1.29, 1.82) is 0 Å². The van der Waals surface area contributed by atoms with Gasteiger partial charge in [0, 0.05) is 26.0 Å².